The molecule has 3 amide bonds. The summed E-state index contributed by atoms with van der Waals surface area (Å²) in [5, 5.41) is 1.79. The monoisotopic (exact) mass is 446 g/mol. The first-order chi connectivity index (χ1) is 14.1. The number of ether oxygens (including phenoxy) is 1. The van der Waals surface area contributed by atoms with E-state index in [0.717, 1.165) is 12.1 Å². The standard InChI is InChI=1S/C19H15F5N2O3S/c1-29-13-9-11(7-8-14(13)30-16(20)21)10-26-15(27)18(19(22,23)24,25-17(26)28)12-5-3-2-4-6-12/h2-9,16H,10H2,1H3,(H,25,28). The summed E-state index contributed by atoms with van der Waals surface area (Å²) in [5.41, 5.74) is -3.39. The summed E-state index contributed by atoms with van der Waals surface area (Å²) < 4.78 is 72.2. The average Bonchev–Trinajstić information content (AvgIpc) is 2.95. The van der Waals surface area contributed by atoms with E-state index in [4.69, 9.17) is 4.74 Å². The van der Waals surface area contributed by atoms with Gasteiger partial charge in [0.05, 0.1) is 18.6 Å². The third kappa shape index (κ3) is 3.81. The van der Waals surface area contributed by atoms with E-state index in [1.54, 1.807) is 5.32 Å². The number of carbonyl (C=O) groups excluding carboxylic acids is 2. The summed E-state index contributed by atoms with van der Waals surface area (Å²) in [6.07, 6.45) is -5.09. The van der Waals surface area contributed by atoms with Crippen LogP contribution in [-0.2, 0) is 16.9 Å². The van der Waals surface area contributed by atoms with Gasteiger partial charge in [-0.25, -0.2) is 4.79 Å². The van der Waals surface area contributed by atoms with Crippen LogP contribution in [0.4, 0.5) is 26.7 Å². The Balaban J connectivity index is 1.95. The number of alkyl halides is 5. The molecule has 1 saturated heterocycles. The van der Waals surface area contributed by atoms with E-state index >= 15 is 0 Å². The summed E-state index contributed by atoms with van der Waals surface area (Å²) in [7, 11) is 1.24. The second-order valence-electron chi connectivity index (χ2n) is 6.30. The van der Waals surface area contributed by atoms with Crippen molar-refractivity contribution in [1.82, 2.24) is 10.2 Å². The summed E-state index contributed by atoms with van der Waals surface area (Å²) in [5.74, 6) is -4.12. The van der Waals surface area contributed by atoms with E-state index in [2.05, 4.69) is 0 Å². The van der Waals surface area contributed by atoms with Crippen molar-refractivity contribution in [1.29, 1.82) is 0 Å². The number of nitrogens with one attached hydrogen (secondary N) is 1. The summed E-state index contributed by atoms with van der Waals surface area (Å²) in [6.45, 7) is -0.495. The molecule has 0 aliphatic carbocycles. The lowest BCUT2D eigenvalue weighted by molar-refractivity contribution is -0.198. The number of thioether (sulfide) groups is 1. The van der Waals surface area contributed by atoms with Crippen LogP contribution < -0.4 is 10.1 Å². The zero-order valence-corrected chi connectivity index (χ0v) is 16.2. The number of halogens is 5. The minimum atomic E-state index is -5.09. The van der Waals surface area contributed by atoms with Crippen LogP contribution in [0.5, 0.6) is 5.75 Å². The van der Waals surface area contributed by atoms with Crippen molar-refractivity contribution in [3.05, 3.63) is 59.7 Å². The van der Waals surface area contributed by atoms with E-state index in [1.807, 2.05) is 0 Å². The van der Waals surface area contributed by atoms with Crippen LogP contribution >= 0.6 is 11.8 Å². The fraction of sp³-hybridized carbons (Fsp3) is 0.263. The van der Waals surface area contributed by atoms with Crippen LogP contribution in [0.2, 0.25) is 0 Å². The second-order valence-corrected chi connectivity index (χ2v) is 7.33. The molecule has 0 aromatic heterocycles. The van der Waals surface area contributed by atoms with E-state index in [-0.39, 0.29) is 28.0 Å². The lowest BCUT2D eigenvalue weighted by Crippen LogP contribution is -2.55. The van der Waals surface area contributed by atoms with Gasteiger partial charge < -0.3 is 10.1 Å². The third-order valence-corrected chi connectivity index (χ3v) is 5.29. The molecule has 1 heterocycles. The van der Waals surface area contributed by atoms with E-state index < -0.39 is 41.5 Å². The highest BCUT2D eigenvalue weighted by molar-refractivity contribution is 7.99. The first kappa shape index (κ1) is 21.9. The number of methoxy groups -OCH3 is 1. The average molecular weight is 446 g/mol. The van der Waals surface area contributed by atoms with Gasteiger partial charge in [-0.3, -0.25) is 9.69 Å². The van der Waals surface area contributed by atoms with Gasteiger partial charge in [0.1, 0.15) is 5.75 Å². The molecule has 30 heavy (non-hydrogen) atoms. The minimum Gasteiger partial charge on any atom is -0.496 e. The lowest BCUT2D eigenvalue weighted by Gasteiger charge is -2.29. The number of benzene rings is 2. The molecule has 11 heteroatoms. The second kappa shape index (κ2) is 8.13. The molecule has 2 aromatic rings. The van der Waals surface area contributed by atoms with Crippen molar-refractivity contribution >= 4 is 23.7 Å². The number of carbonyl (C=O) groups is 2. The molecule has 160 valence electrons. The number of hydrogen-bond donors (Lipinski definition) is 1. The minimum absolute atomic E-state index is 0.0509. The normalized spacial score (nSPS) is 19.4. The van der Waals surface area contributed by atoms with Gasteiger partial charge in [0.25, 0.3) is 11.7 Å². The molecule has 1 unspecified atom stereocenters. The summed E-state index contributed by atoms with van der Waals surface area (Å²) >= 11 is 0.236. The Kier molecular flexibility index (Phi) is 5.93. The topological polar surface area (TPSA) is 58.6 Å². The first-order valence-corrected chi connectivity index (χ1v) is 9.36. The predicted octanol–water partition coefficient (Wildman–Crippen LogP) is 4.52. The molecule has 0 spiro atoms. The van der Waals surface area contributed by atoms with E-state index in [1.165, 1.54) is 43.5 Å². The number of imide groups is 1. The van der Waals surface area contributed by atoms with Crippen LogP contribution in [-0.4, -0.2) is 35.9 Å². The van der Waals surface area contributed by atoms with Gasteiger partial charge in [0.2, 0.25) is 5.54 Å². The summed E-state index contributed by atoms with van der Waals surface area (Å²) in [4.78, 5) is 25.7. The molecule has 1 aliphatic rings. The van der Waals surface area contributed by atoms with Crippen LogP contribution in [0.15, 0.2) is 53.4 Å². The Morgan fingerprint density at radius 1 is 1.13 bits per heavy atom. The maximum Gasteiger partial charge on any atom is 0.425 e. The van der Waals surface area contributed by atoms with Gasteiger partial charge in [-0.15, -0.1) is 0 Å². The number of hydrogen-bond acceptors (Lipinski definition) is 4. The van der Waals surface area contributed by atoms with E-state index in [0.29, 0.717) is 4.90 Å². The molecule has 1 N–H and O–H groups in total. The predicted molar refractivity (Wildman–Crippen MR) is 98.1 cm³/mol. The van der Waals surface area contributed by atoms with Crippen molar-refractivity contribution in [2.24, 2.45) is 0 Å². The Morgan fingerprint density at radius 2 is 1.80 bits per heavy atom. The zero-order valence-electron chi connectivity index (χ0n) is 15.4. The van der Waals surface area contributed by atoms with Crippen LogP contribution in [0.25, 0.3) is 0 Å². The molecule has 0 saturated carbocycles. The highest BCUT2D eigenvalue weighted by Gasteiger charge is 2.68. The van der Waals surface area contributed by atoms with Crippen LogP contribution in [0, 0.1) is 0 Å². The van der Waals surface area contributed by atoms with Gasteiger partial charge in [-0.1, -0.05) is 48.2 Å². The van der Waals surface area contributed by atoms with Crippen molar-refractivity contribution in [2.45, 2.75) is 28.9 Å². The number of amides is 3. The van der Waals surface area contributed by atoms with Gasteiger partial charge in [-0.2, -0.15) is 22.0 Å². The molecule has 0 bridgehead atoms. The SMILES string of the molecule is COc1cc(CN2C(=O)NC(c3ccccc3)(C(F)(F)F)C2=O)ccc1SC(F)F. The smallest absolute Gasteiger partial charge is 0.425 e. The molecule has 1 aliphatic heterocycles. The largest absolute Gasteiger partial charge is 0.496 e. The molecule has 5 nitrogen and oxygen atoms in total. The molecule has 1 fully saturated rings. The van der Waals surface area contributed by atoms with Crippen LogP contribution in [0.3, 0.4) is 0 Å². The summed E-state index contributed by atoms with van der Waals surface area (Å²) in [6, 6.07) is 9.06. The highest BCUT2D eigenvalue weighted by atomic mass is 32.2. The van der Waals surface area contributed by atoms with Gasteiger partial charge in [0.15, 0.2) is 0 Å². The van der Waals surface area contributed by atoms with Crippen molar-refractivity contribution in [3.63, 3.8) is 0 Å². The van der Waals surface area contributed by atoms with Crippen molar-refractivity contribution < 1.29 is 36.3 Å². The zero-order chi connectivity index (χ0) is 22.1. The maximum atomic E-state index is 14.0. The van der Waals surface area contributed by atoms with Crippen molar-refractivity contribution in [2.75, 3.05) is 7.11 Å². The quantitative estimate of drug-likeness (QED) is 0.403. The molecular formula is C19H15F5N2O3S. The third-order valence-electron chi connectivity index (χ3n) is 4.52. The molecular weight excluding hydrogens is 431 g/mol. The Bertz CT molecular complexity index is 955. The number of urea groups is 1. The van der Waals surface area contributed by atoms with Gasteiger partial charge in [-0.05, 0) is 23.3 Å². The Hall–Kier alpha value is -2.82. The number of rotatable bonds is 6. The van der Waals surface area contributed by atoms with Gasteiger partial charge >= 0.3 is 12.2 Å². The molecule has 1 atom stereocenters. The fourth-order valence-corrected chi connectivity index (χ4v) is 3.74. The molecule has 2 aromatic carbocycles. The van der Waals surface area contributed by atoms with Gasteiger partial charge in [0, 0.05) is 0 Å². The van der Waals surface area contributed by atoms with E-state index in [9.17, 15) is 31.5 Å². The number of nitrogens with zero attached hydrogens (tertiary/aromatic N) is 1. The Morgan fingerprint density at radius 3 is 2.37 bits per heavy atom. The van der Waals surface area contributed by atoms with Crippen molar-refractivity contribution in [3.8, 4) is 5.75 Å². The maximum absolute atomic E-state index is 14.0. The molecule has 3 rings (SSSR count). The Labute approximate surface area is 172 Å². The first-order valence-electron chi connectivity index (χ1n) is 8.48. The fourth-order valence-electron chi connectivity index (χ4n) is 3.15. The molecule has 0 radical (unpaired) electrons. The van der Waals surface area contributed by atoms with Crippen LogP contribution in [0.1, 0.15) is 11.1 Å². The highest BCUT2D eigenvalue weighted by Crippen LogP contribution is 2.44. The lowest BCUT2D eigenvalue weighted by atomic mass is 9.89.